The van der Waals surface area contributed by atoms with Crippen molar-refractivity contribution in [2.75, 3.05) is 7.11 Å². The molecule has 0 aromatic carbocycles. The van der Waals surface area contributed by atoms with Crippen LogP contribution in [0.2, 0.25) is 0 Å². The molecule has 0 heterocycles. The number of rotatable bonds is 3. The van der Waals surface area contributed by atoms with Crippen molar-refractivity contribution in [2.24, 2.45) is 0 Å². The van der Waals surface area contributed by atoms with Crippen molar-refractivity contribution in [2.45, 2.75) is 25.9 Å². The molecule has 0 radical (unpaired) electrons. The number of nitriles is 1. The van der Waals surface area contributed by atoms with E-state index in [1.165, 1.54) is 7.11 Å². The van der Waals surface area contributed by atoms with Crippen molar-refractivity contribution < 1.29 is 9.53 Å². The smallest absolute Gasteiger partial charge is 0.322 e. The molecule has 62 valence electrons. The highest BCUT2D eigenvalue weighted by atomic mass is 16.5. The van der Waals surface area contributed by atoms with Crippen molar-refractivity contribution in [3.05, 3.63) is 0 Å². The Balaban J connectivity index is 3.79. The second kappa shape index (κ2) is 4.69. The van der Waals surface area contributed by atoms with Crippen LogP contribution in [0.15, 0.2) is 0 Å². The Bertz CT molecular complexity index is 174. The van der Waals surface area contributed by atoms with Gasteiger partial charge in [-0.15, -0.1) is 0 Å². The van der Waals surface area contributed by atoms with E-state index in [9.17, 15) is 4.79 Å². The molecule has 0 fully saturated rings. The van der Waals surface area contributed by atoms with Crippen molar-refractivity contribution in [3.8, 4) is 6.07 Å². The molecule has 0 aromatic heterocycles. The normalized spacial score (nSPS) is 14.7. The predicted octanol–water partition coefficient (Wildman–Crippen LogP) is 0.0496. The molecule has 11 heavy (non-hydrogen) atoms. The second-order valence-electron chi connectivity index (χ2n) is 2.26. The molecule has 0 amide bonds. The van der Waals surface area contributed by atoms with Gasteiger partial charge in [0.25, 0.3) is 0 Å². The van der Waals surface area contributed by atoms with E-state index in [0.29, 0.717) is 0 Å². The lowest BCUT2D eigenvalue weighted by atomic mass is 10.3. The zero-order chi connectivity index (χ0) is 8.85. The highest BCUT2D eigenvalue weighted by Crippen LogP contribution is 1.88. The quantitative estimate of drug-likeness (QED) is 0.586. The first kappa shape index (κ1) is 9.92. The van der Waals surface area contributed by atoms with Crippen LogP contribution in [-0.2, 0) is 9.53 Å². The fraction of sp³-hybridized carbons (Fsp3) is 0.714. The van der Waals surface area contributed by atoms with Crippen LogP contribution in [0.5, 0.6) is 0 Å². The van der Waals surface area contributed by atoms with Gasteiger partial charge in [-0.25, -0.2) is 0 Å². The lowest BCUT2D eigenvalue weighted by Crippen LogP contribution is -2.39. The van der Waals surface area contributed by atoms with Gasteiger partial charge in [-0.1, -0.05) is 0 Å². The van der Waals surface area contributed by atoms with Crippen molar-refractivity contribution in [1.29, 1.82) is 5.26 Å². The zero-order valence-electron chi connectivity index (χ0n) is 6.92. The molecule has 0 bridgehead atoms. The summed E-state index contributed by atoms with van der Waals surface area (Å²) in [5, 5.41) is 11.1. The van der Waals surface area contributed by atoms with E-state index in [2.05, 4.69) is 10.1 Å². The summed E-state index contributed by atoms with van der Waals surface area (Å²) in [5.74, 6) is -0.355. The molecular formula is C7H12N2O2. The summed E-state index contributed by atoms with van der Waals surface area (Å²) in [5.41, 5.74) is 0. The second-order valence-corrected chi connectivity index (χ2v) is 2.26. The molecule has 1 N–H and O–H groups in total. The maximum absolute atomic E-state index is 10.8. The third-order valence-electron chi connectivity index (χ3n) is 1.25. The molecule has 0 saturated carbocycles. The highest BCUT2D eigenvalue weighted by Gasteiger charge is 2.14. The minimum absolute atomic E-state index is 0.330. The van der Waals surface area contributed by atoms with E-state index in [-0.39, 0.29) is 12.0 Å². The zero-order valence-corrected chi connectivity index (χ0v) is 6.92. The van der Waals surface area contributed by atoms with Crippen LogP contribution in [0.4, 0.5) is 0 Å². The molecule has 0 aliphatic carbocycles. The number of ether oxygens (including phenoxy) is 1. The van der Waals surface area contributed by atoms with Crippen LogP contribution in [0.1, 0.15) is 13.8 Å². The van der Waals surface area contributed by atoms with Gasteiger partial charge < -0.3 is 4.74 Å². The monoisotopic (exact) mass is 156 g/mol. The number of hydrogen-bond acceptors (Lipinski definition) is 4. The van der Waals surface area contributed by atoms with E-state index in [4.69, 9.17) is 5.26 Å². The number of nitrogens with one attached hydrogen (secondary N) is 1. The van der Waals surface area contributed by atoms with Gasteiger partial charge in [-0.2, -0.15) is 5.26 Å². The summed E-state index contributed by atoms with van der Waals surface area (Å²) >= 11 is 0. The Kier molecular flexibility index (Phi) is 4.23. The summed E-state index contributed by atoms with van der Waals surface area (Å²) in [7, 11) is 1.32. The number of methoxy groups -OCH3 is 1. The molecule has 4 heteroatoms. The topological polar surface area (TPSA) is 62.1 Å². The average Bonchev–Trinajstić information content (AvgIpc) is 2.02. The number of carbonyl (C=O) groups excluding carboxylic acids is 1. The Labute approximate surface area is 66.1 Å². The van der Waals surface area contributed by atoms with Gasteiger partial charge in [0, 0.05) is 0 Å². The minimum Gasteiger partial charge on any atom is -0.468 e. The molecular weight excluding hydrogens is 144 g/mol. The highest BCUT2D eigenvalue weighted by molar-refractivity contribution is 5.75. The van der Waals surface area contributed by atoms with E-state index in [1.807, 2.05) is 6.07 Å². The molecule has 2 atom stereocenters. The van der Waals surface area contributed by atoms with Crippen molar-refractivity contribution >= 4 is 5.97 Å². The molecule has 0 saturated heterocycles. The van der Waals surface area contributed by atoms with Gasteiger partial charge in [0.05, 0.1) is 19.2 Å². The van der Waals surface area contributed by atoms with Gasteiger partial charge in [-0.3, -0.25) is 10.1 Å². The van der Waals surface area contributed by atoms with Crippen molar-refractivity contribution in [3.63, 3.8) is 0 Å². The fourth-order valence-electron chi connectivity index (χ4n) is 0.657. The van der Waals surface area contributed by atoms with Gasteiger partial charge in [0.15, 0.2) is 0 Å². The summed E-state index contributed by atoms with van der Waals surface area (Å²) < 4.78 is 4.45. The van der Waals surface area contributed by atoms with E-state index < -0.39 is 6.04 Å². The predicted molar refractivity (Wildman–Crippen MR) is 39.7 cm³/mol. The molecule has 4 nitrogen and oxygen atoms in total. The third kappa shape index (κ3) is 3.58. The lowest BCUT2D eigenvalue weighted by molar-refractivity contribution is -0.142. The minimum atomic E-state index is -0.422. The SMILES string of the molecule is COC(=O)C(C)NC(C)C#N. The Morgan fingerprint density at radius 1 is 1.64 bits per heavy atom. The average molecular weight is 156 g/mol. The molecule has 0 aromatic rings. The summed E-state index contributed by atoms with van der Waals surface area (Å²) in [6, 6.07) is 1.20. The van der Waals surface area contributed by atoms with E-state index >= 15 is 0 Å². The molecule has 0 aliphatic heterocycles. The van der Waals surface area contributed by atoms with Gasteiger partial charge in [0.2, 0.25) is 0 Å². The van der Waals surface area contributed by atoms with Gasteiger partial charge in [-0.05, 0) is 13.8 Å². The standard InChI is InChI=1S/C7H12N2O2/c1-5(4-8)9-6(2)7(10)11-3/h5-6,9H,1-3H3. The van der Waals surface area contributed by atoms with Crippen LogP contribution in [0.25, 0.3) is 0 Å². The number of esters is 1. The van der Waals surface area contributed by atoms with Crippen LogP contribution in [0.3, 0.4) is 0 Å². The number of nitrogens with zero attached hydrogens (tertiary/aromatic N) is 1. The molecule has 0 rings (SSSR count). The van der Waals surface area contributed by atoms with E-state index in [1.54, 1.807) is 13.8 Å². The van der Waals surface area contributed by atoms with Crippen LogP contribution in [0, 0.1) is 11.3 Å². The largest absolute Gasteiger partial charge is 0.468 e. The summed E-state index contributed by atoms with van der Waals surface area (Å²) in [6.45, 7) is 3.33. The lowest BCUT2D eigenvalue weighted by Gasteiger charge is -2.11. The first-order valence-electron chi connectivity index (χ1n) is 3.35. The third-order valence-corrected chi connectivity index (χ3v) is 1.25. The van der Waals surface area contributed by atoms with Crippen LogP contribution in [-0.4, -0.2) is 25.2 Å². The summed E-state index contributed by atoms with van der Waals surface area (Å²) in [4.78, 5) is 10.8. The number of hydrogen-bond donors (Lipinski definition) is 1. The summed E-state index contributed by atoms with van der Waals surface area (Å²) in [6.07, 6.45) is 0. The fourth-order valence-corrected chi connectivity index (χ4v) is 0.657. The molecule has 2 unspecified atom stereocenters. The van der Waals surface area contributed by atoms with Crippen molar-refractivity contribution in [1.82, 2.24) is 5.32 Å². The Hall–Kier alpha value is -1.08. The molecule has 0 spiro atoms. The first-order valence-corrected chi connectivity index (χ1v) is 3.35. The molecule has 0 aliphatic rings. The Morgan fingerprint density at radius 3 is 2.55 bits per heavy atom. The Morgan fingerprint density at radius 2 is 2.18 bits per heavy atom. The van der Waals surface area contributed by atoms with Gasteiger partial charge >= 0.3 is 5.97 Å². The van der Waals surface area contributed by atoms with Crippen LogP contribution >= 0.6 is 0 Å². The maximum Gasteiger partial charge on any atom is 0.322 e. The number of carbonyl (C=O) groups is 1. The van der Waals surface area contributed by atoms with E-state index in [0.717, 1.165) is 0 Å². The van der Waals surface area contributed by atoms with Crippen LogP contribution < -0.4 is 5.32 Å². The first-order chi connectivity index (χ1) is 5.11. The maximum atomic E-state index is 10.8. The van der Waals surface area contributed by atoms with Gasteiger partial charge in [0.1, 0.15) is 6.04 Å².